The Hall–Kier alpha value is -0.0800. The maximum atomic E-state index is 7.57. The fourth-order valence-corrected chi connectivity index (χ4v) is 0. The van der Waals surface area contributed by atoms with Crippen molar-refractivity contribution in [3.8, 4) is 0 Å². The Labute approximate surface area is 45.5 Å². The fourth-order valence-electron chi connectivity index (χ4n) is 0. The molecule has 2 heteroatoms. The lowest BCUT2D eigenvalue weighted by molar-refractivity contribution is 0.318. The molecule has 0 aromatic rings. The third kappa shape index (κ3) is 107. The van der Waals surface area contributed by atoms with Gasteiger partial charge in [0, 0.05) is 6.61 Å². The standard InChI is InChI=1S/C3H9N.C2H6O/c1-3-4-2;1-2-3/h4H,3H2,1-2H3;3H,2H2,1H3. The molecule has 0 amide bonds. The molecule has 0 bridgehead atoms. The highest BCUT2D eigenvalue weighted by molar-refractivity contribution is 4.15. The van der Waals surface area contributed by atoms with E-state index in [-0.39, 0.29) is 6.61 Å². The van der Waals surface area contributed by atoms with E-state index in [0.717, 1.165) is 6.54 Å². The molecule has 0 aliphatic heterocycles. The molecule has 0 saturated carbocycles. The molecule has 0 heterocycles. The molecule has 0 unspecified atom stereocenters. The van der Waals surface area contributed by atoms with Gasteiger partial charge in [-0.2, -0.15) is 0 Å². The first-order valence-electron chi connectivity index (χ1n) is 2.58. The Kier molecular flexibility index (Phi) is 24.1. The molecular formula is C5H15NO. The van der Waals surface area contributed by atoms with E-state index in [2.05, 4.69) is 12.2 Å². The van der Waals surface area contributed by atoms with Crippen molar-refractivity contribution in [1.29, 1.82) is 0 Å². The zero-order valence-electron chi connectivity index (χ0n) is 5.36. The molecule has 0 aromatic carbocycles. The van der Waals surface area contributed by atoms with E-state index in [9.17, 15) is 0 Å². The summed E-state index contributed by atoms with van der Waals surface area (Å²) in [5, 5.41) is 10.5. The van der Waals surface area contributed by atoms with Gasteiger partial charge in [0.15, 0.2) is 0 Å². The van der Waals surface area contributed by atoms with Crippen molar-refractivity contribution in [3.63, 3.8) is 0 Å². The van der Waals surface area contributed by atoms with Gasteiger partial charge in [-0.3, -0.25) is 0 Å². The predicted octanol–water partition coefficient (Wildman–Crippen LogP) is 0.224. The lowest BCUT2D eigenvalue weighted by Crippen LogP contribution is -2.01. The normalized spacial score (nSPS) is 6.86. The van der Waals surface area contributed by atoms with Crippen LogP contribution in [0.4, 0.5) is 0 Å². The van der Waals surface area contributed by atoms with Crippen LogP contribution in [0.5, 0.6) is 0 Å². The Morgan fingerprint density at radius 2 is 1.57 bits per heavy atom. The zero-order chi connectivity index (χ0) is 6.12. The third-order valence-electron chi connectivity index (χ3n) is 0.354. The van der Waals surface area contributed by atoms with Crippen LogP contribution in [0.15, 0.2) is 0 Å². The molecule has 2 nitrogen and oxygen atoms in total. The first-order valence-corrected chi connectivity index (χ1v) is 2.58. The van der Waals surface area contributed by atoms with Crippen LogP contribution in [0.2, 0.25) is 0 Å². The summed E-state index contributed by atoms with van der Waals surface area (Å²) in [4.78, 5) is 0. The molecule has 0 aromatic heterocycles. The van der Waals surface area contributed by atoms with E-state index >= 15 is 0 Å². The maximum Gasteiger partial charge on any atom is 0.0402 e. The quantitative estimate of drug-likeness (QED) is 0.500. The van der Waals surface area contributed by atoms with E-state index in [1.165, 1.54) is 0 Å². The molecule has 0 aliphatic carbocycles. The highest BCUT2D eigenvalue weighted by atomic mass is 16.2. The van der Waals surface area contributed by atoms with Crippen molar-refractivity contribution in [1.82, 2.24) is 5.32 Å². The van der Waals surface area contributed by atoms with Gasteiger partial charge in [-0.05, 0) is 20.5 Å². The Balaban J connectivity index is 0. The Morgan fingerprint density at radius 3 is 1.57 bits per heavy atom. The molecule has 46 valence electrons. The second kappa shape index (κ2) is 16.8. The molecule has 7 heavy (non-hydrogen) atoms. The summed E-state index contributed by atoms with van der Waals surface area (Å²) in [5.41, 5.74) is 0. The predicted molar refractivity (Wildman–Crippen MR) is 32.4 cm³/mol. The van der Waals surface area contributed by atoms with Gasteiger partial charge in [0.05, 0.1) is 0 Å². The van der Waals surface area contributed by atoms with E-state index in [1.54, 1.807) is 6.92 Å². The lowest BCUT2D eigenvalue weighted by atomic mass is 10.8. The van der Waals surface area contributed by atoms with Gasteiger partial charge in [-0.1, -0.05) is 6.92 Å². The molecular weight excluding hydrogens is 90.1 g/mol. The summed E-state index contributed by atoms with van der Waals surface area (Å²) in [6, 6.07) is 0. The van der Waals surface area contributed by atoms with Crippen LogP contribution in [0.3, 0.4) is 0 Å². The average molecular weight is 105 g/mol. The SMILES string of the molecule is CCNC.CCO. The second-order valence-electron chi connectivity index (χ2n) is 1.02. The molecule has 0 aliphatic rings. The number of aliphatic hydroxyl groups excluding tert-OH is 1. The van der Waals surface area contributed by atoms with Gasteiger partial charge in [-0.15, -0.1) is 0 Å². The minimum atomic E-state index is 0.250. The van der Waals surface area contributed by atoms with Crippen LogP contribution < -0.4 is 5.32 Å². The number of hydrogen-bond donors (Lipinski definition) is 2. The van der Waals surface area contributed by atoms with Crippen LogP contribution in [0, 0.1) is 0 Å². The number of nitrogens with one attached hydrogen (secondary N) is 1. The van der Waals surface area contributed by atoms with Crippen molar-refractivity contribution < 1.29 is 5.11 Å². The highest BCUT2D eigenvalue weighted by Gasteiger charge is 1.50. The van der Waals surface area contributed by atoms with Gasteiger partial charge in [-0.25, -0.2) is 0 Å². The van der Waals surface area contributed by atoms with Crippen molar-refractivity contribution in [3.05, 3.63) is 0 Å². The van der Waals surface area contributed by atoms with Gasteiger partial charge < -0.3 is 10.4 Å². The molecule has 0 atom stereocenters. The van der Waals surface area contributed by atoms with Crippen LogP contribution in [-0.4, -0.2) is 25.3 Å². The number of rotatable bonds is 1. The average Bonchev–Trinajstić information content (AvgIpc) is 1.69. The van der Waals surface area contributed by atoms with Gasteiger partial charge in [0.2, 0.25) is 0 Å². The molecule has 0 fully saturated rings. The molecule has 0 saturated heterocycles. The summed E-state index contributed by atoms with van der Waals surface area (Å²) in [5.74, 6) is 0. The van der Waals surface area contributed by atoms with E-state index < -0.39 is 0 Å². The first-order chi connectivity index (χ1) is 3.33. The third-order valence-corrected chi connectivity index (χ3v) is 0.354. The van der Waals surface area contributed by atoms with Crippen LogP contribution >= 0.6 is 0 Å². The smallest absolute Gasteiger partial charge is 0.0402 e. The Bertz CT molecular complexity index is 15.6. The van der Waals surface area contributed by atoms with Gasteiger partial charge in [0.25, 0.3) is 0 Å². The van der Waals surface area contributed by atoms with Gasteiger partial charge in [0.1, 0.15) is 0 Å². The van der Waals surface area contributed by atoms with Crippen molar-refractivity contribution in [2.75, 3.05) is 20.2 Å². The van der Waals surface area contributed by atoms with Crippen molar-refractivity contribution >= 4 is 0 Å². The Morgan fingerprint density at radius 1 is 1.43 bits per heavy atom. The molecule has 2 N–H and O–H groups in total. The highest BCUT2D eigenvalue weighted by Crippen LogP contribution is 1.34. The summed E-state index contributed by atoms with van der Waals surface area (Å²) in [7, 11) is 1.93. The summed E-state index contributed by atoms with van der Waals surface area (Å²) < 4.78 is 0. The van der Waals surface area contributed by atoms with Crippen LogP contribution in [0.25, 0.3) is 0 Å². The fraction of sp³-hybridized carbons (Fsp3) is 1.00. The lowest BCUT2D eigenvalue weighted by Gasteiger charge is -1.76. The second-order valence-corrected chi connectivity index (χ2v) is 1.02. The van der Waals surface area contributed by atoms with Crippen LogP contribution in [-0.2, 0) is 0 Å². The number of hydrogen-bond acceptors (Lipinski definition) is 2. The summed E-state index contributed by atoms with van der Waals surface area (Å²) >= 11 is 0. The molecule has 0 rings (SSSR count). The first kappa shape index (κ1) is 10.0. The minimum absolute atomic E-state index is 0.250. The topological polar surface area (TPSA) is 32.3 Å². The monoisotopic (exact) mass is 105 g/mol. The van der Waals surface area contributed by atoms with Crippen molar-refractivity contribution in [2.45, 2.75) is 13.8 Å². The minimum Gasteiger partial charge on any atom is -0.397 e. The maximum absolute atomic E-state index is 7.57. The van der Waals surface area contributed by atoms with E-state index in [1.807, 2.05) is 7.05 Å². The van der Waals surface area contributed by atoms with E-state index in [4.69, 9.17) is 5.11 Å². The zero-order valence-corrected chi connectivity index (χ0v) is 5.36. The van der Waals surface area contributed by atoms with Gasteiger partial charge >= 0.3 is 0 Å². The number of aliphatic hydroxyl groups is 1. The summed E-state index contributed by atoms with van der Waals surface area (Å²) in [6.07, 6.45) is 0. The summed E-state index contributed by atoms with van der Waals surface area (Å²) in [6.45, 7) is 5.07. The molecule has 0 spiro atoms. The largest absolute Gasteiger partial charge is 0.397 e. The van der Waals surface area contributed by atoms with Crippen molar-refractivity contribution in [2.24, 2.45) is 0 Å². The van der Waals surface area contributed by atoms with E-state index in [0.29, 0.717) is 0 Å². The van der Waals surface area contributed by atoms with Crippen LogP contribution in [0.1, 0.15) is 13.8 Å². The molecule has 0 radical (unpaired) electrons.